The van der Waals surface area contributed by atoms with Crippen molar-refractivity contribution in [2.24, 2.45) is 17.3 Å². The van der Waals surface area contributed by atoms with Crippen molar-refractivity contribution in [3.63, 3.8) is 0 Å². The van der Waals surface area contributed by atoms with Crippen molar-refractivity contribution in [3.05, 3.63) is 0 Å². The number of phosphoric acid groups is 1. The molecule has 7 nitrogen and oxygen atoms in total. The molecule has 166 valence electrons. The van der Waals surface area contributed by atoms with E-state index in [0.717, 1.165) is 6.42 Å². The lowest BCUT2D eigenvalue weighted by Gasteiger charge is -2.31. The number of hydrogen-bond acceptors (Lipinski definition) is 5. The molecule has 0 heterocycles. The van der Waals surface area contributed by atoms with Crippen molar-refractivity contribution in [2.75, 3.05) is 47.5 Å². The number of ether oxygens (including phenoxy) is 1. The molecule has 28 heavy (non-hydrogen) atoms. The predicted octanol–water partition coefficient (Wildman–Crippen LogP) is 4.00. The lowest BCUT2D eigenvalue weighted by Crippen LogP contribution is -2.37. The van der Waals surface area contributed by atoms with Crippen molar-refractivity contribution in [1.29, 1.82) is 0 Å². The average molecular weight is 423 g/mol. The molecule has 0 aromatic heterocycles. The van der Waals surface area contributed by atoms with E-state index in [2.05, 4.69) is 6.92 Å². The van der Waals surface area contributed by atoms with Gasteiger partial charge in [-0.25, -0.2) is 4.57 Å². The molecule has 0 spiro atoms. The quantitative estimate of drug-likeness (QED) is 0.209. The van der Waals surface area contributed by atoms with Gasteiger partial charge >= 0.3 is 13.8 Å². The smallest absolute Gasteiger partial charge is 0.463 e. The zero-order valence-electron chi connectivity index (χ0n) is 18.6. The number of rotatable bonds is 13. The van der Waals surface area contributed by atoms with Crippen LogP contribution in [0.4, 0.5) is 0 Å². The van der Waals surface area contributed by atoms with Crippen LogP contribution in [-0.4, -0.2) is 62.9 Å². The molecule has 1 rings (SSSR count). The number of hydrogen-bond donors (Lipinski definition) is 1. The van der Waals surface area contributed by atoms with Crippen LogP contribution in [0, 0.1) is 17.3 Å². The summed E-state index contributed by atoms with van der Waals surface area (Å²) in [4.78, 5) is 22.3. The molecule has 0 amide bonds. The molecule has 0 aromatic rings. The number of carbonyl (C=O) groups is 1. The topological polar surface area (TPSA) is 82.1 Å². The van der Waals surface area contributed by atoms with Crippen LogP contribution in [-0.2, 0) is 23.1 Å². The van der Waals surface area contributed by atoms with Crippen LogP contribution in [0.1, 0.15) is 59.3 Å². The Morgan fingerprint density at radius 1 is 1.18 bits per heavy atom. The van der Waals surface area contributed by atoms with E-state index >= 15 is 0 Å². The van der Waals surface area contributed by atoms with E-state index in [9.17, 15) is 14.3 Å². The van der Waals surface area contributed by atoms with Gasteiger partial charge in [-0.05, 0) is 31.6 Å². The molecule has 0 aliphatic heterocycles. The second-order valence-electron chi connectivity index (χ2n) is 9.43. The zero-order chi connectivity index (χ0) is 21.4. The van der Waals surface area contributed by atoms with Gasteiger partial charge in [0, 0.05) is 0 Å². The molecule has 1 saturated carbocycles. The molecule has 3 unspecified atom stereocenters. The fourth-order valence-electron chi connectivity index (χ4n) is 3.70. The highest BCUT2D eigenvalue weighted by atomic mass is 31.2. The Morgan fingerprint density at radius 3 is 2.29 bits per heavy atom. The summed E-state index contributed by atoms with van der Waals surface area (Å²) in [6.45, 7) is 6.66. The van der Waals surface area contributed by atoms with Gasteiger partial charge in [0.25, 0.3) is 0 Å². The van der Waals surface area contributed by atoms with Crippen molar-refractivity contribution in [3.8, 4) is 0 Å². The van der Waals surface area contributed by atoms with Gasteiger partial charge in [0.15, 0.2) is 0 Å². The maximum absolute atomic E-state index is 12.6. The lowest BCUT2D eigenvalue weighted by molar-refractivity contribution is -0.870. The van der Waals surface area contributed by atoms with Crippen LogP contribution in [0.25, 0.3) is 0 Å². The standard InChI is InChI=1S/C20H40NO6P/c1-7-20(3,16-17(2)18-10-8-9-11-18)19(22)25-14-15-27-28(23,24)26-13-12-21(4,5)6/h17-18H,7-16H2,1-6H3/p+1. The van der Waals surface area contributed by atoms with Crippen LogP contribution < -0.4 is 0 Å². The minimum absolute atomic E-state index is 0.0600. The molecule has 0 aromatic carbocycles. The third-order valence-electron chi connectivity index (χ3n) is 5.84. The van der Waals surface area contributed by atoms with Gasteiger partial charge in [-0.2, -0.15) is 0 Å². The SMILES string of the molecule is CCC(C)(CC(C)C1CCCC1)C(=O)OCCOP(=O)(O)OCC[N+](C)(C)C. The van der Waals surface area contributed by atoms with E-state index in [4.69, 9.17) is 13.8 Å². The number of nitrogens with zero attached hydrogens (tertiary/aromatic N) is 1. The molecule has 3 atom stereocenters. The van der Waals surface area contributed by atoms with E-state index in [1.807, 2.05) is 35.0 Å². The van der Waals surface area contributed by atoms with E-state index in [1.165, 1.54) is 25.7 Å². The first-order valence-electron chi connectivity index (χ1n) is 10.5. The first-order valence-corrected chi connectivity index (χ1v) is 12.0. The van der Waals surface area contributed by atoms with Crippen molar-refractivity contribution in [2.45, 2.75) is 59.3 Å². The molecule has 0 radical (unpaired) electrons. The fourth-order valence-corrected chi connectivity index (χ4v) is 4.40. The summed E-state index contributed by atoms with van der Waals surface area (Å²) in [5, 5.41) is 0. The van der Waals surface area contributed by atoms with E-state index in [-0.39, 0.29) is 25.8 Å². The van der Waals surface area contributed by atoms with Crippen molar-refractivity contribution < 1.29 is 32.5 Å². The monoisotopic (exact) mass is 422 g/mol. The Hall–Kier alpha value is -0.460. The molecule has 0 bridgehead atoms. The Morgan fingerprint density at radius 2 is 1.75 bits per heavy atom. The van der Waals surface area contributed by atoms with E-state index in [1.54, 1.807) is 0 Å². The Kier molecular flexibility index (Phi) is 10.1. The number of quaternary nitrogens is 1. The number of phosphoric ester groups is 1. The van der Waals surface area contributed by atoms with Gasteiger partial charge in [-0.15, -0.1) is 0 Å². The second-order valence-corrected chi connectivity index (χ2v) is 10.9. The third-order valence-corrected chi connectivity index (χ3v) is 6.86. The molecule has 1 N–H and O–H groups in total. The van der Waals surface area contributed by atoms with Gasteiger partial charge in [-0.3, -0.25) is 13.8 Å². The normalized spacial score (nSPS) is 21.1. The molecule has 1 aliphatic rings. The highest BCUT2D eigenvalue weighted by molar-refractivity contribution is 7.47. The maximum Gasteiger partial charge on any atom is 0.472 e. The molecular weight excluding hydrogens is 381 g/mol. The summed E-state index contributed by atoms with van der Waals surface area (Å²) in [7, 11) is 1.76. The molecule has 8 heteroatoms. The summed E-state index contributed by atoms with van der Waals surface area (Å²) in [6, 6.07) is 0. The highest BCUT2D eigenvalue weighted by Crippen LogP contribution is 2.43. The lowest BCUT2D eigenvalue weighted by atomic mass is 9.75. The zero-order valence-corrected chi connectivity index (χ0v) is 19.5. The molecule has 0 saturated heterocycles. The Balaban J connectivity index is 2.37. The van der Waals surface area contributed by atoms with Gasteiger partial charge in [-0.1, -0.05) is 39.5 Å². The second kappa shape index (κ2) is 11.1. The first-order chi connectivity index (χ1) is 12.9. The summed E-state index contributed by atoms with van der Waals surface area (Å²) >= 11 is 0. The van der Waals surface area contributed by atoms with Crippen LogP contribution in [0.15, 0.2) is 0 Å². The molecule has 1 aliphatic carbocycles. The third kappa shape index (κ3) is 9.36. The Bertz CT molecular complexity index is 529. The van der Waals surface area contributed by atoms with Gasteiger partial charge in [0.1, 0.15) is 19.8 Å². The predicted molar refractivity (Wildman–Crippen MR) is 110 cm³/mol. The van der Waals surface area contributed by atoms with Crippen molar-refractivity contribution >= 4 is 13.8 Å². The van der Waals surface area contributed by atoms with Crippen LogP contribution in [0.3, 0.4) is 0 Å². The summed E-state index contributed by atoms with van der Waals surface area (Å²) in [5.41, 5.74) is -0.536. The first kappa shape index (κ1) is 25.6. The molecular formula is C20H41NO6P+. The minimum Gasteiger partial charge on any atom is -0.463 e. The molecule has 1 fully saturated rings. The van der Waals surface area contributed by atoms with Gasteiger partial charge < -0.3 is 14.1 Å². The van der Waals surface area contributed by atoms with Crippen molar-refractivity contribution in [1.82, 2.24) is 0 Å². The Labute approximate surface area is 170 Å². The summed E-state index contributed by atoms with van der Waals surface area (Å²) < 4.78 is 27.7. The minimum atomic E-state index is -4.12. The largest absolute Gasteiger partial charge is 0.472 e. The van der Waals surface area contributed by atoms with Crippen LogP contribution in [0.5, 0.6) is 0 Å². The van der Waals surface area contributed by atoms with Crippen LogP contribution in [0.2, 0.25) is 0 Å². The summed E-state index contributed by atoms with van der Waals surface area (Å²) in [6.07, 6.45) is 6.60. The highest BCUT2D eigenvalue weighted by Gasteiger charge is 2.37. The number of carbonyl (C=O) groups excluding carboxylic acids is 1. The average Bonchev–Trinajstić information content (AvgIpc) is 3.11. The number of esters is 1. The summed E-state index contributed by atoms with van der Waals surface area (Å²) in [5.74, 6) is 0.928. The van der Waals surface area contributed by atoms with E-state index in [0.29, 0.717) is 29.3 Å². The van der Waals surface area contributed by atoms with E-state index < -0.39 is 13.2 Å². The fraction of sp³-hybridized carbons (Fsp3) is 0.950. The van der Waals surface area contributed by atoms with Gasteiger partial charge in [0.05, 0.1) is 33.2 Å². The maximum atomic E-state index is 12.6. The van der Waals surface area contributed by atoms with Gasteiger partial charge in [0.2, 0.25) is 0 Å². The van der Waals surface area contributed by atoms with Crippen LogP contribution >= 0.6 is 7.82 Å². The number of likely N-dealkylation sites (N-methyl/N-ethyl adjacent to an activating group) is 1.